The molecule has 0 aromatic carbocycles. The van der Waals surface area contributed by atoms with Gasteiger partial charge in [-0.2, -0.15) is 4.39 Å². The molecule has 2 N–H and O–H groups in total. The van der Waals surface area contributed by atoms with Crippen LogP contribution in [-0.2, 0) is 15.4 Å². The topological polar surface area (TPSA) is 109 Å². The van der Waals surface area contributed by atoms with Crippen molar-refractivity contribution in [3.05, 3.63) is 40.9 Å². The summed E-state index contributed by atoms with van der Waals surface area (Å²) < 4.78 is 40.8. The minimum atomic E-state index is -3.91. The van der Waals surface area contributed by atoms with Gasteiger partial charge in [-0.05, 0) is 54.6 Å². The Labute approximate surface area is 164 Å². The van der Waals surface area contributed by atoms with Crippen molar-refractivity contribution in [2.24, 2.45) is 4.99 Å². The zero-order valence-electron chi connectivity index (χ0n) is 14.6. The van der Waals surface area contributed by atoms with Crippen LogP contribution in [0.5, 0.6) is 0 Å². The number of nitrogens with zero attached hydrogens (tertiary/aromatic N) is 2. The van der Waals surface area contributed by atoms with Crippen LogP contribution in [0.15, 0.2) is 34.4 Å². The molecule has 0 unspecified atom stereocenters. The zero-order valence-corrected chi connectivity index (χ0v) is 17.0. The van der Waals surface area contributed by atoms with Crippen LogP contribution in [0.2, 0.25) is 0 Å². The van der Waals surface area contributed by atoms with E-state index < -0.39 is 37.4 Å². The van der Waals surface area contributed by atoms with E-state index in [4.69, 9.17) is 0 Å². The molecular weight excluding hydrogens is 441 g/mol. The third-order valence-corrected chi connectivity index (χ3v) is 8.97. The van der Waals surface area contributed by atoms with Crippen molar-refractivity contribution in [3.8, 4) is 0 Å². The molecule has 0 radical (unpaired) electrons. The number of hydrogen-bond acceptors (Lipinski definition) is 5. The molecule has 1 aliphatic heterocycles. The van der Waals surface area contributed by atoms with Crippen molar-refractivity contribution >= 4 is 37.7 Å². The summed E-state index contributed by atoms with van der Waals surface area (Å²) in [7, 11) is -3.91. The van der Waals surface area contributed by atoms with Crippen LogP contribution < -0.4 is 5.32 Å². The van der Waals surface area contributed by atoms with Gasteiger partial charge in [0.25, 0.3) is 0 Å². The zero-order chi connectivity index (χ0) is 20.0. The number of carbonyl (C=O) groups is 1. The average molecular weight is 460 g/mol. The van der Waals surface area contributed by atoms with Crippen LogP contribution in [0.4, 0.5) is 9.18 Å². The number of hydrogen-bond donors (Lipinski definition) is 2. The minimum absolute atomic E-state index is 0.0221. The van der Waals surface area contributed by atoms with Crippen LogP contribution in [0.1, 0.15) is 38.2 Å². The number of aromatic nitrogens is 1. The van der Waals surface area contributed by atoms with E-state index in [2.05, 4.69) is 37.8 Å². The third kappa shape index (κ3) is 2.89. The maximum atomic E-state index is 14.6. The normalized spacial score (nSPS) is 28.1. The highest BCUT2D eigenvalue weighted by atomic mass is 79.9. The van der Waals surface area contributed by atoms with E-state index in [0.29, 0.717) is 10.9 Å². The number of nitrogens with one attached hydrogen (secondary N) is 1. The number of carboxylic acid groups (broad SMARTS) is 1. The monoisotopic (exact) mass is 459 g/mol. The largest absolute Gasteiger partial charge is 0.465 e. The van der Waals surface area contributed by atoms with Crippen LogP contribution in [-0.4, -0.2) is 40.4 Å². The SMILES string of the molecule is C=CC[C@@H]1[C@@](C)(c2cc(Br)cnc2F)N=C(NC(=O)O)C2(CCC2)S1(=O)=O. The number of halogens is 2. The second kappa shape index (κ2) is 6.66. The lowest BCUT2D eigenvalue weighted by molar-refractivity contribution is 0.199. The van der Waals surface area contributed by atoms with Gasteiger partial charge in [0.05, 0.1) is 5.25 Å². The van der Waals surface area contributed by atoms with Crippen molar-refractivity contribution in [2.45, 2.75) is 48.1 Å². The lowest BCUT2D eigenvalue weighted by atomic mass is 9.80. The Kier molecular flexibility index (Phi) is 4.92. The fourth-order valence-corrected chi connectivity index (χ4v) is 7.17. The molecule has 2 aliphatic rings. The van der Waals surface area contributed by atoms with Crippen molar-refractivity contribution in [2.75, 3.05) is 0 Å². The molecule has 3 rings (SSSR count). The molecule has 1 aromatic rings. The van der Waals surface area contributed by atoms with E-state index in [1.807, 2.05) is 0 Å². The number of rotatable bonds is 3. The van der Waals surface area contributed by atoms with Crippen molar-refractivity contribution in [3.63, 3.8) is 0 Å². The van der Waals surface area contributed by atoms with Gasteiger partial charge >= 0.3 is 6.09 Å². The molecule has 1 fully saturated rings. The first-order valence-corrected chi connectivity index (χ1v) is 10.7. The molecule has 27 heavy (non-hydrogen) atoms. The molecule has 2 atom stereocenters. The van der Waals surface area contributed by atoms with Gasteiger partial charge in [0, 0.05) is 16.2 Å². The predicted molar refractivity (Wildman–Crippen MR) is 102 cm³/mol. The average Bonchev–Trinajstić information content (AvgIpc) is 2.51. The van der Waals surface area contributed by atoms with E-state index in [1.165, 1.54) is 25.3 Å². The van der Waals surface area contributed by atoms with Crippen molar-refractivity contribution in [1.29, 1.82) is 0 Å². The maximum Gasteiger partial charge on any atom is 0.410 e. The first-order chi connectivity index (χ1) is 12.6. The molecule has 1 aliphatic carbocycles. The second-order valence-corrected chi connectivity index (χ2v) is 10.3. The highest BCUT2D eigenvalue weighted by Crippen LogP contribution is 2.52. The van der Waals surface area contributed by atoms with Crippen LogP contribution in [0.25, 0.3) is 0 Å². The summed E-state index contributed by atoms with van der Waals surface area (Å²) >= 11 is 3.22. The molecule has 2 heterocycles. The standard InChI is InChI=1S/C17H19BrFN3O4S/c1-3-5-12-16(2,11-8-10(18)9-20-13(11)19)22-14(21-15(23)24)17(6-4-7-17)27(12,25)26/h3,8-9,12H,1,4-7H2,2H3,(H,21,22)(H,23,24)/t12-,16-/m1/s1. The molecule has 1 amide bonds. The summed E-state index contributed by atoms with van der Waals surface area (Å²) in [6, 6.07) is 1.43. The number of sulfone groups is 1. The maximum absolute atomic E-state index is 14.6. The van der Waals surface area contributed by atoms with Crippen LogP contribution in [0, 0.1) is 5.95 Å². The summed E-state index contributed by atoms with van der Waals surface area (Å²) in [5.41, 5.74) is -1.59. The smallest absolute Gasteiger partial charge is 0.410 e. The number of pyridine rings is 1. The Balaban J connectivity index is 2.32. The summed E-state index contributed by atoms with van der Waals surface area (Å²) in [4.78, 5) is 19.4. The van der Waals surface area contributed by atoms with E-state index in [0.717, 1.165) is 0 Å². The van der Waals surface area contributed by atoms with Gasteiger partial charge in [-0.25, -0.2) is 18.2 Å². The molecule has 1 saturated carbocycles. The molecular formula is C17H19BrFN3O4S. The lowest BCUT2D eigenvalue weighted by Crippen LogP contribution is -2.66. The van der Waals surface area contributed by atoms with Gasteiger partial charge in [0.2, 0.25) is 5.95 Å². The number of aliphatic imine (C=N–C) groups is 1. The van der Waals surface area contributed by atoms with Gasteiger partial charge < -0.3 is 5.11 Å². The molecule has 1 spiro atoms. The second-order valence-electron chi connectivity index (χ2n) is 6.94. The quantitative estimate of drug-likeness (QED) is 0.532. The number of amidine groups is 1. The first-order valence-electron chi connectivity index (χ1n) is 8.34. The predicted octanol–water partition coefficient (Wildman–Crippen LogP) is 3.16. The Morgan fingerprint density at radius 1 is 1.56 bits per heavy atom. The molecule has 0 bridgehead atoms. The molecule has 146 valence electrons. The summed E-state index contributed by atoms with van der Waals surface area (Å²) in [6.45, 7) is 5.12. The first kappa shape index (κ1) is 19.9. The Morgan fingerprint density at radius 3 is 2.74 bits per heavy atom. The summed E-state index contributed by atoms with van der Waals surface area (Å²) in [6.07, 6.45) is 2.55. The lowest BCUT2D eigenvalue weighted by Gasteiger charge is -2.51. The minimum Gasteiger partial charge on any atom is -0.465 e. The van der Waals surface area contributed by atoms with Gasteiger partial charge in [-0.15, -0.1) is 6.58 Å². The highest BCUT2D eigenvalue weighted by Gasteiger charge is 2.63. The Bertz CT molecular complexity index is 945. The highest BCUT2D eigenvalue weighted by molar-refractivity contribution is 9.10. The van der Waals surface area contributed by atoms with Crippen LogP contribution >= 0.6 is 15.9 Å². The summed E-state index contributed by atoms with van der Waals surface area (Å²) in [5, 5.41) is 10.3. The molecule has 7 nitrogen and oxygen atoms in total. The summed E-state index contributed by atoms with van der Waals surface area (Å²) in [5.74, 6) is -1.00. The van der Waals surface area contributed by atoms with Gasteiger partial charge in [0.15, 0.2) is 9.84 Å². The van der Waals surface area contributed by atoms with Crippen molar-refractivity contribution < 1.29 is 22.7 Å². The Hall–Kier alpha value is -1.81. The van der Waals surface area contributed by atoms with Crippen molar-refractivity contribution in [1.82, 2.24) is 10.3 Å². The fraction of sp³-hybridized carbons (Fsp3) is 0.471. The van der Waals surface area contributed by atoms with E-state index in [9.17, 15) is 22.7 Å². The van der Waals surface area contributed by atoms with Gasteiger partial charge in [0.1, 0.15) is 16.1 Å². The van der Waals surface area contributed by atoms with E-state index in [-0.39, 0.29) is 30.7 Å². The number of amides is 1. The number of allylic oxidation sites excluding steroid dienone is 1. The fourth-order valence-electron chi connectivity index (χ4n) is 3.90. The Morgan fingerprint density at radius 2 is 2.22 bits per heavy atom. The van der Waals surface area contributed by atoms with E-state index in [1.54, 1.807) is 0 Å². The van der Waals surface area contributed by atoms with E-state index >= 15 is 0 Å². The molecule has 10 heteroatoms. The van der Waals surface area contributed by atoms with Gasteiger partial charge in [-0.1, -0.05) is 6.08 Å². The molecule has 0 saturated heterocycles. The third-order valence-electron chi connectivity index (χ3n) is 5.44. The molecule has 1 aromatic heterocycles. The van der Waals surface area contributed by atoms with Gasteiger partial charge in [-0.3, -0.25) is 10.3 Å². The van der Waals surface area contributed by atoms with Crippen LogP contribution in [0.3, 0.4) is 0 Å².